The van der Waals surface area contributed by atoms with E-state index in [0.29, 0.717) is 0 Å². The highest BCUT2D eigenvalue weighted by atomic mass is 15.3. The Bertz CT molecular complexity index is 330. The molecule has 1 aliphatic carbocycles. The molecule has 1 fully saturated rings. The Kier molecular flexibility index (Phi) is 4.57. The van der Waals surface area contributed by atoms with E-state index in [1.54, 1.807) is 0 Å². The van der Waals surface area contributed by atoms with Gasteiger partial charge in [0.15, 0.2) is 0 Å². The molecule has 0 atom stereocenters. The number of nitrogens with one attached hydrogen (secondary N) is 1. The van der Waals surface area contributed by atoms with E-state index in [4.69, 9.17) is 0 Å². The first-order valence-corrected chi connectivity index (χ1v) is 6.80. The van der Waals surface area contributed by atoms with Crippen molar-refractivity contribution in [3.63, 3.8) is 0 Å². The van der Waals surface area contributed by atoms with Gasteiger partial charge in [0.1, 0.15) is 0 Å². The summed E-state index contributed by atoms with van der Waals surface area (Å²) < 4.78 is 2.05. The molecule has 0 saturated heterocycles. The number of rotatable bonds is 8. The molecule has 4 heteroatoms. The molecule has 1 heterocycles. The zero-order valence-electron chi connectivity index (χ0n) is 11.0. The lowest BCUT2D eigenvalue weighted by atomic mass is 10.4. The number of hydrogen-bond acceptors (Lipinski definition) is 3. The summed E-state index contributed by atoms with van der Waals surface area (Å²) in [6, 6.07) is 2.97. The first-order chi connectivity index (χ1) is 8.35. The van der Waals surface area contributed by atoms with Gasteiger partial charge in [0.05, 0.1) is 5.69 Å². The predicted octanol–water partition coefficient (Wildman–Crippen LogP) is 1.48. The van der Waals surface area contributed by atoms with Crippen LogP contribution in [0, 0.1) is 0 Å². The van der Waals surface area contributed by atoms with E-state index in [-0.39, 0.29) is 0 Å². The molecule has 0 bridgehead atoms. The first kappa shape index (κ1) is 12.6. The molecule has 2 rings (SSSR count). The third-order valence-corrected chi connectivity index (χ3v) is 3.46. The lowest BCUT2D eigenvalue weighted by molar-refractivity contribution is 0.276. The summed E-state index contributed by atoms with van der Waals surface area (Å²) in [5.41, 5.74) is 1.28. The van der Waals surface area contributed by atoms with E-state index in [1.807, 2.05) is 10.9 Å². The molecule has 1 aliphatic rings. The molecule has 1 N–H and O–H groups in total. The van der Waals surface area contributed by atoms with Crippen LogP contribution in [0.1, 0.15) is 32.4 Å². The molecular weight excluding hydrogens is 212 g/mol. The number of hydrogen-bond donors (Lipinski definition) is 1. The van der Waals surface area contributed by atoms with Crippen molar-refractivity contribution in [1.29, 1.82) is 0 Å². The third-order valence-electron chi connectivity index (χ3n) is 3.46. The summed E-state index contributed by atoms with van der Waals surface area (Å²) in [6.45, 7) is 9.68. The van der Waals surface area contributed by atoms with E-state index < -0.39 is 0 Å². The molecule has 0 radical (unpaired) electrons. The Morgan fingerprint density at radius 3 is 2.94 bits per heavy atom. The van der Waals surface area contributed by atoms with Gasteiger partial charge in [-0.15, -0.1) is 0 Å². The van der Waals surface area contributed by atoms with Crippen LogP contribution < -0.4 is 5.32 Å². The van der Waals surface area contributed by atoms with Crippen molar-refractivity contribution in [2.24, 2.45) is 0 Å². The van der Waals surface area contributed by atoms with Crippen LogP contribution in [-0.2, 0) is 13.1 Å². The Labute approximate surface area is 104 Å². The van der Waals surface area contributed by atoms with Gasteiger partial charge in [-0.25, -0.2) is 0 Å². The third kappa shape index (κ3) is 3.54. The maximum atomic E-state index is 4.27. The van der Waals surface area contributed by atoms with Crippen LogP contribution in [0.25, 0.3) is 0 Å². The number of aromatic nitrogens is 2. The molecule has 1 aromatic rings. The van der Waals surface area contributed by atoms with Crippen LogP contribution in [0.3, 0.4) is 0 Å². The van der Waals surface area contributed by atoms with Crippen molar-refractivity contribution < 1.29 is 0 Å². The van der Waals surface area contributed by atoms with Crippen LogP contribution >= 0.6 is 0 Å². The first-order valence-electron chi connectivity index (χ1n) is 6.80. The fourth-order valence-electron chi connectivity index (χ4n) is 2.27. The fourth-order valence-corrected chi connectivity index (χ4v) is 2.27. The molecular formula is C13H24N4. The molecule has 0 amide bonds. The molecule has 0 unspecified atom stereocenters. The average molecular weight is 236 g/mol. The zero-order valence-corrected chi connectivity index (χ0v) is 11.0. The lowest BCUT2D eigenvalue weighted by Crippen LogP contribution is -2.33. The predicted molar refractivity (Wildman–Crippen MR) is 69.9 cm³/mol. The lowest BCUT2D eigenvalue weighted by Gasteiger charge is -2.19. The molecule has 0 spiro atoms. The van der Waals surface area contributed by atoms with E-state index in [9.17, 15) is 0 Å². The van der Waals surface area contributed by atoms with Gasteiger partial charge in [0.2, 0.25) is 0 Å². The number of nitrogens with zero attached hydrogens (tertiary/aromatic N) is 3. The van der Waals surface area contributed by atoms with Gasteiger partial charge in [0.25, 0.3) is 0 Å². The zero-order chi connectivity index (χ0) is 12.1. The van der Waals surface area contributed by atoms with E-state index in [1.165, 1.54) is 31.6 Å². The van der Waals surface area contributed by atoms with Crippen LogP contribution in [0.15, 0.2) is 12.3 Å². The van der Waals surface area contributed by atoms with Crippen LogP contribution in [0.5, 0.6) is 0 Å². The Balaban J connectivity index is 1.65. The Morgan fingerprint density at radius 2 is 2.29 bits per heavy atom. The molecule has 4 nitrogen and oxygen atoms in total. The minimum Gasteiger partial charge on any atom is -0.310 e. The largest absolute Gasteiger partial charge is 0.310 e. The Morgan fingerprint density at radius 1 is 1.47 bits per heavy atom. The molecule has 96 valence electrons. The van der Waals surface area contributed by atoms with Gasteiger partial charge in [-0.2, -0.15) is 5.10 Å². The maximum Gasteiger partial charge on any atom is 0.0521 e. The highest BCUT2D eigenvalue weighted by molar-refractivity contribution is 4.99. The van der Waals surface area contributed by atoms with Crippen molar-refractivity contribution in [3.05, 3.63) is 18.0 Å². The van der Waals surface area contributed by atoms with Gasteiger partial charge < -0.3 is 5.32 Å². The smallest absolute Gasteiger partial charge is 0.0521 e. The van der Waals surface area contributed by atoms with Crippen molar-refractivity contribution in [1.82, 2.24) is 20.0 Å². The van der Waals surface area contributed by atoms with Gasteiger partial charge in [-0.3, -0.25) is 9.58 Å². The summed E-state index contributed by atoms with van der Waals surface area (Å²) in [7, 11) is 0. The van der Waals surface area contributed by atoms with Crippen molar-refractivity contribution in [2.75, 3.05) is 19.6 Å². The van der Waals surface area contributed by atoms with Gasteiger partial charge in [-0.1, -0.05) is 6.92 Å². The quantitative estimate of drug-likeness (QED) is 0.694. The summed E-state index contributed by atoms with van der Waals surface area (Å²) >= 11 is 0. The highest BCUT2D eigenvalue weighted by Crippen LogP contribution is 2.25. The monoisotopic (exact) mass is 236 g/mol. The van der Waals surface area contributed by atoms with Crippen molar-refractivity contribution in [3.8, 4) is 0 Å². The second kappa shape index (κ2) is 6.17. The normalized spacial score (nSPS) is 15.7. The molecule has 0 aromatic carbocycles. The minimum absolute atomic E-state index is 0.878. The SMILES string of the molecule is CCN(CCNCc1ccnn1CC)C1CC1. The summed E-state index contributed by atoms with van der Waals surface area (Å²) in [5, 5.41) is 7.78. The second-order valence-corrected chi connectivity index (χ2v) is 4.67. The highest BCUT2D eigenvalue weighted by Gasteiger charge is 2.26. The van der Waals surface area contributed by atoms with Crippen LogP contribution in [0.4, 0.5) is 0 Å². The number of likely N-dealkylation sites (N-methyl/N-ethyl adjacent to an activating group) is 1. The van der Waals surface area contributed by atoms with E-state index in [0.717, 1.165) is 25.7 Å². The summed E-state index contributed by atoms with van der Waals surface area (Å²) in [4.78, 5) is 2.57. The summed E-state index contributed by atoms with van der Waals surface area (Å²) in [6.07, 6.45) is 4.68. The van der Waals surface area contributed by atoms with E-state index >= 15 is 0 Å². The molecule has 1 saturated carbocycles. The minimum atomic E-state index is 0.878. The number of aryl methyl sites for hydroxylation is 1. The fraction of sp³-hybridized carbons (Fsp3) is 0.769. The maximum absolute atomic E-state index is 4.27. The van der Waals surface area contributed by atoms with Gasteiger partial charge in [-0.05, 0) is 32.4 Å². The standard InChI is InChI=1S/C13H24N4/c1-3-16(12-5-6-12)10-9-14-11-13-7-8-15-17(13)4-2/h7-8,12,14H,3-6,9-11H2,1-2H3. The van der Waals surface area contributed by atoms with Crippen molar-refractivity contribution >= 4 is 0 Å². The second-order valence-electron chi connectivity index (χ2n) is 4.67. The molecule has 17 heavy (non-hydrogen) atoms. The molecule has 1 aromatic heterocycles. The topological polar surface area (TPSA) is 33.1 Å². The summed E-state index contributed by atoms with van der Waals surface area (Å²) in [5.74, 6) is 0. The van der Waals surface area contributed by atoms with Gasteiger partial charge >= 0.3 is 0 Å². The van der Waals surface area contributed by atoms with Gasteiger partial charge in [0, 0.05) is 38.4 Å². The van der Waals surface area contributed by atoms with E-state index in [2.05, 4.69) is 35.2 Å². The average Bonchev–Trinajstić information content (AvgIpc) is 3.08. The van der Waals surface area contributed by atoms with Crippen LogP contribution in [0.2, 0.25) is 0 Å². The Hall–Kier alpha value is -0.870. The van der Waals surface area contributed by atoms with Crippen LogP contribution in [-0.4, -0.2) is 40.4 Å². The van der Waals surface area contributed by atoms with Crippen molar-refractivity contribution in [2.45, 2.75) is 45.8 Å². The molecule has 0 aliphatic heterocycles.